The molecule has 1 aliphatic rings. The molecule has 4 atom stereocenters. The fourth-order valence-corrected chi connectivity index (χ4v) is 1.85. The first-order valence-corrected chi connectivity index (χ1v) is 7.15. The summed E-state index contributed by atoms with van der Waals surface area (Å²) in [6.45, 7) is -4.33. The Hall–Kier alpha value is -0.665. The van der Waals surface area contributed by atoms with Crippen molar-refractivity contribution in [3.8, 4) is 0 Å². The Kier molecular flexibility index (Phi) is 3.55. The monoisotopic (exact) mass is 387 g/mol. The zero-order valence-corrected chi connectivity index (χ0v) is 13.8. The van der Waals surface area contributed by atoms with E-state index in [4.69, 9.17) is 21.4 Å². The second-order valence-electron chi connectivity index (χ2n) is 4.08. The van der Waals surface area contributed by atoms with E-state index in [1.54, 1.807) is 0 Å². The summed E-state index contributed by atoms with van der Waals surface area (Å²) in [6.07, 6.45) is -17.5. The molecule has 0 aliphatic carbocycles. The van der Waals surface area contributed by atoms with Gasteiger partial charge in [-0.3, -0.25) is 14.3 Å². The molecule has 0 spiro atoms. The second-order valence-corrected chi connectivity index (χ2v) is 5.16. The SMILES string of the molecule is [2H]OC1([2H])[C@]([2H])(n2c([2H])nc3c(=O)n([2H])c(N([2H])[2H])nc32)O[C@]([2H])(C([2H])([2H])OP(=O)([O-])[O-])[C@@]1([2H])O[2H].[Li+].[Li+]. The number of fused-ring (bicyclic) bond motifs is 1. The van der Waals surface area contributed by atoms with Crippen LogP contribution in [0.5, 0.6) is 0 Å². The van der Waals surface area contributed by atoms with Crippen LogP contribution in [0.25, 0.3) is 11.2 Å². The van der Waals surface area contributed by atoms with Gasteiger partial charge in [-0.25, -0.2) is 4.98 Å². The van der Waals surface area contributed by atoms with Crippen LogP contribution >= 0.6 is 7.82 Å². The van der Waals surface area contributed by atoms with Gasteiger partial charge in [0.2, 0.25) is 8.81 Å². The van der Waals surface area contributed by atoms with Crippen molar-refractivity contribution >= 4 is 24.9 Å². The third-order valence-corrected chi connectivity index (χ3v) is 2.87. The van der Waals surface area contributed by atoms with Crippen LogP contribution in [0.1, 0.15) is 15.8 Å². The van der Waals surface area contributed by atoms with Gasteiger partial charge in [0.1, 0.15) is 19.6 Å². The predicted octanol–water partition coefficient (Wildman–Crippen LogP) is -9.83. The maximum absolute atomic E-state index is 12.5. The molecule has 2 aromatic heterocycles. The van der Waals surface area contributed by atoms with E-state index in [1.807, 2.05) is 0 Å². The van der Waals surface area contributed by atoms with Crippen molar-refractivity contribution < 1.29 is 85.4 Å². The van der Waals surface area contributed by atoms with Crippen molar-refractivity contribution in [3.63, 3.8) is 0 Å². The maximum Gasteiger partial charge on any atom is 1.00 e. The van der Waals surface area contributed by atoms with Gasteiger partial charge in [-0.05, 0) is 0 Å². The molecule has 0 aromatic carbocycles. The Bertz CT molecular complexity index is 1330. The van der Waals surface area contributed by atoms with Crippen LogP contribution < -0.4 is 58.8 Å². The van der Waals surface area contributed by atoms with Crippen LogP contribution in [-0.4, -0.2) is 57.4 Å². The van der Waals surface area contributed by atoms with E-state index < -0.39 is 67.8 Å². The smallest absolute Gasteiger partial charge is 0.790 e. The summed E-state index contributed by atoms with van der Waals surface area (Å²) in [6, 6.07) is 0. The van der Waals surface area contributed by atoms with E-state index in [1.165, 1.54) is 0 Å². The number of imidazole rings is 1. The number of aromatic nitrogens is 4. The maximum atomic E-state index is 12.5. The van der Waals surface area contributed by atoms with Gasteiger partial charge >= 0.3 is 37.7 Å². The van der Waals surface area contributed by atoms with E-state index in [0.29, 0.717) is 0 Å². The van der Waals surface area contributed by atoms with Crippen molar-refractivity contribution in [3.05, 3.63) is 16.7 Å². The number of phosphoric ester groups is 1. The third kappa shape index (κ3) is 4.59. The Morgan fingerprint density at radius 3 is 3.00 bits per heavy atom. The summed E-state index contributed by atoms with van der Waals surface area (Å²) in [5, 5.41) is 7.97. The van der Waals surface area contributed by atoms with Crippen LogP contribution in [0.15, 0.2) is 11.1 Å². The number of nitrogens with one attached hydrogen (secondary N) is 1. The molecular weight excluding hydrogens is 363 g/mol. The molecule has 0 radical (unpaired) electrons. The number of nitrogens with zero attached hydrogens (tertiary/aromatic N) is 3. The Morgan fingerprint density at radius 2 is 2.38 bits per heavy atom. The van der Waals surface area contributed by atoms with Gasteiger partial charge in [-0.15, -0.1) is 0 Å². The third-order valence-electron chi connectivity index (χ3n) is 2.55. The van der Waals surface area contributed by atoms with Crippen molar-refractivity contribution in [2.75, 3.05) is 12.3 Å². The zero-order chi connectivity index (χ0) is 27.9. The molecule has 16 heteroatoms. The molecule has 0 amide bonds. The average Bonchev–Trinajstić information content (AvgIpc) is 3.14. The number of aliphatic hydroxyl groups is 2. The van der Waals surface area contributed by atoms with Gasteiger partial charge in [-0.1, -0.05) is 0 Å². The molecule has 1 unspecified atom stereocenters. The molecule has 26 heavy (non-hydrogen) atoms. The molecule has 13 nitrogen and oxygen atoms in total. The summed E-state index contributed by atoms with van der Waals surface area (Å²) in [5.74, 6) is -1.10. The van der Waals surface area contributed by atoms with Crippen molar-refractivity contribution in [2.24, 2.45) is 0 Å². The van der Waals surface area contributed by atoms with Crippen molar-refractivity contribution in [1.82, 2.24) is 19.5 Å². The van der Waals surface area contributed by atoms with Gasteiger partial charge in [0.25, 0.3) is 5.56 Å². The number of nitrogens with two attached hydrogens (primary N) is 1. The first kappa shape index (κ1) is 10.8. The summed E-state index contributed by atoms with van der Waals surface area (Å²) < 4.78 is 113. The number of phosphoric acid groups is 1. The van der Waals surface area contributed by atoms with Crippen LogP contribution in [-0.2, 0) is 13.8 Å². The predicted molar refractivity (Wildman–Crippen MR) is 72.0 cm³/mol. The van der Waals surface area contributed by atoms with Crippen LogP contribution in [0.2, 0.25) is 4.24 Å². The molecule has 2 aromatic rings. The molecule has 1 saturated heterocycles. The zero-order valence-electron chi connectivity index (χ0n) is 24.9. The first-order chi connectivity index (χ1) is 16.2. The fourth-order valence-electron chi connectivity index (χ4n) is 1.66. The van der Waals surface area contributed by atoms with E-state index in [9.17, 15) is 19.1 Å². The Balaban J connectivity index is 0.00000361. The minimum Gasteiger partial charge on any atom is -0.790 e. The summed E-state index contributed by atoms with van der Waals surface area (Å²) in [5.41, 5.74) is -3.80. The molecule has 0 bridgehead atoms. The minimum absolute atomic E-state index is 0. The van der Waals surface area contributed by atoms with Gasteiger partial charge < -0.3 is 39.5 Å². The van der Waals surface area contributed by atoms with E-state index in [2.05, 4.69) is 24.7 Å². The van der Waals surface area contributed by atoms with Crippen LogP contribution in [0, 0.1) is 0 Å². The number of nitrogen functional groups attached to an aromatic ring is 1. The largest absolute Gasteiger partial charge is 1.00 e. The first-order valence-electron chi connectivity index (χ1n) is 11.3. The van der Waals surface area contributed by atoms with Gasteiger partial charge in [-0.2, -0.15) is 4.98 Å². The summed E-state index contributed by atoms with van der Waals surface area (Å²) >= 11 is 0. The van der Waals surface area contributed by atoms with E-state index >= 15 is 0 Å². The van der Waals surface area contributed by atoms with Gasteiger partial charge in [0.05, 0.1) is 28.9 Å². The molecule has 132 valence electrons. The second kappa shape index (κ2) is 8.56. The molecule has 3 rings (SSSR count). The quantitative estimate of drug-likeness (QED) is 0.259. The van der Waals surface area contributed by atoms with Crippen molar-refractivity contribution in [2.45, 2.75) is 24.4 Å². The molecular formula is C10H12Li2N5O8P. The average molecular weight is 387 g/mol. The molecule has 1 aliphatic heterocycles. The molecule has 0 saturated carbocycles. The van der Waals surface area contributed by atoms with Gasteiger partial charge in [0.15, 0.2) is 21.6 Å². The topological polar surface area (TPSA) is 212 Å². The Labute approximate surface area is 186 Å². The number of anilines is 1. The van der Waals surface area contributed by atoms with Gasteiger partial charge in [0, 0.05) is 0 Å². The Morgan fingerprint density at radius 1 is 1.65 bits per heavy atom. The summed E-state index contributed by atoms with van der Waals surface area (Å²) in [7, 11) is -6.35. The number of ether oxygens (including phenoxy) is 1. The van der Waals surface area contributed by atoms with Crippen LogP contribution in [0.4, 0.5) is 5.95 Å². The standard InChI is InChI=1S/C10H14N5O8P.2Li/c11-10-13-7-4(8(18)14-10)12-2-15(7)9-6(17)5(16)3(23-9)1-22-24(19,20)21;;/h2-3,5-6,9,16-17H,1H2,(H2,19,20,21)(H3,11,13,14,18);;/q;2*+1/p-2/t3-,5-,6?,9-;;/m1../s1/i1D2,2D,3D,5D,6D,9D,16D,17D;;/hD3. The number of H-pyrrole nitrogens is 1. The summed E-state index contributed by atoms with van der Waals surface area (Å²) in [4.78, 5) is 41.4. The van der Waals surface area contributed by atoms with E-state index in [-0.39, 0.29) is 53.0 Å². The molecule has 1 fully saturated rings. The number of hydrogen-bond donors (Lipinski definition) is 4. The molecule has 5 N–H and O–H groups in total. The molecule has 3 heterocycles. The number of rotatable bonds is 7. The fraction of sp³-hybridized carbons (Fsp3) is 0.500. The van der Waals surface area contributed by atoms with Crippen LogP contribution in [0.3, 0.4) is 0 Å². The van der Waals surface area contributed by atoms with Crippen molar-refractivity contribution in [1.29, 1.82) is 2.86 Å². The normalized spacial score (nSPS) is 43.9. The number of hydrogen-bond acceptors (Lipinski definition) is 11. The van der Waals surface area contributed by atoms with E-state index in [0.717, 1.165) is 0 Å². The minimum atomic E-state index is -6.35. The number of aromatic amines is 1.